The molecule has 1 aliphatic heterocycles. The van der Waals surface area contributed by atoms with E-state index in [1.165, 1.54) is 0 Å². The lowest BCUT2D eigenvalue weighted by Crippen LogP contribution is -2.13. The highest BCUT2D eigenvalue weighted by atomic mass is 16.4. The molecule has 1 fully saturated rings. The number of fused-ring (bicyclic) bond motifs is 1. The Morgan fingerprint density at radius 2 is 2.06 bits per heavy atom. The van der Waals surface area contributed by atoms with Crippen LogP contribution in [0.1, 0.15) is 11.1 Å². The molecule has 1 aromatic carbocycles. The van der Waals surface area contributed by atoms with Gasteiger partial charge in [-0.25, -0.2) is 4.79 Å². The van der Waals surface area contributed by atoms with Gasteiger partial charge in [0.2, 0.25) is 0 Å². The third-order valence-corrected chi connectivity index (χ3v) is 3.11. The van der Waals surface area contributed by atoms with Crippen molar-refractivity contribution in [1.29, 1.82) is 0 Å². The van der Waals surface area contributed by atoms with Gasteiger partial charge in [-0.05, 0) is 18.6 Å². The van der Waals surface area contributed by atoms with Crippen molar-refractivity contribution < 1.29 is 4.42 Å². The highest BCUT2D eigenvalue weighted by Crippen LogP contribution is 2.21. The van der Waals surface area contributed by atoms with E-state index in [1.807, 2.05) is 31.2 Å². The molecule has 16 heavy (non-hydrogen) atoms. The van der Waals surface area contributed by atoms with Crippen LogP contribution >= 0.6 is 0 Å². The molecule has 0 N–H and O–H groups in total. The molecule has 1 saturated heterocycles. The summed E-state index contributed by atoms with van der Waals surface area (Å²) in [5, 5.41) is 1.04. The fourth-order valence-corrected chi connectivity index (χ4v) is 1.98. The Hall–Kier alpha value is -1.61. The van der Waals surface area contributed by atoms with E-state index in [0.717, 1.165) is 36.1 Å². The number of hydrogen-bond acceptors (Lipinski definition) is 3. The van der Waals surface area contributed by atoms with E-state index < -0.39 is 0 Å². The summed E-state index contributed by atoms with van der Waals surface area (Å²) in [5.74, 6) is 0. The van der Waals surface area contributed by atoms with Gasteiger partial charge in [-0.2, -0.15) is 0 Å². The molecule has 0 saturated carbocycles. The molecule has 82 valence electrons. The maximum Gasteiger partial charge on any atom is 0.341 e. The summed E-state index contributed by atoms with van der Waals surface area (Å²) in [6, 6.07) is 7.69. The molecule has 0 radical (unpaired) electrons. The second-order valence-corrected chi connectivity index (χ2v) is 4.27. The molecule has 0 aliphatic carbocycles. The lowest BCUT2D eigenvalue weighted by molar-refractivity contribution is 0.503. The van der Waals surface area contributed by atoms with Crippen molar-refractivity contribution in [3.63, 3.8) is 0 Å². The third kappa shape index (κ3) is 1.53. The highest BCUT2D eigenvalue weighted by molar-refractivity contribution is 5.80. The Balaban J connectivity index is 2.23. The van der Waals surface area contributed by atoms with Crippen LogP contribution in [0, 0.1) is 6.92 Å². The van der Waals surface area contributed by atoms with E-state index >= 15 is 0 Å². The summed E-state index contributed by atoms with van der Waals surface area (Å²) in [7, 11) is 0. The van der Waals surface area contributed by atoms with Crippen molar-refractivity contribution >= 4 is 11.0 Å². The Labute approximate surface area is 93.3 Å². The van der Waals surface area contributed by atoms with Gasteiger partial charge >= 0.3 is 5.63 Å². The van der Waals surface area contributed by atoms with Crippen LogP contribution in [0.2, 0.25) is 0 Å². The zero-order chi connectivity index (χ0) is 11.1. The van der Waals surface area contributed by atoms with Crippen LogP contribution in [-0.4, -0.2) is 18.0 Å². The first kappa shape index (κ1) is 9.60. The van der Waals surface area contributed by atoms with Crippen LogP contribution in [-0.2, 0) is 6.54 Å². The van der Waals surface area contributed by atoms with Gasteiger partial charge in [0, 0.05) is 25.0 Å². The van der Waals surface area contributed by atoms with Crippen LogP contribution in [0.5, 0.6) is 0 Å². The zero-order valence-electron chi connectivity index (χ0n) is 9.19. The molecule has 0 atom stereocenters. The van der Waals surface area contributed by atoms with Crippen molar-refractivity contribution in [2.24, 2.45) is 0 Å². The minimum absolute atomic E-state index is 0.192. The Kier molecular flexibility index (Phi) is 2.07. The predicted molar refractivity (Wildman–Crippen MR) is 62.5 cm³/mol. The molecule has 0 spiro atoms. The molecule has 3 rings (SSSR count). The fourth-order valence-electron chi connectivity index (χ4n) is 1.98. The van der Waals surface area contributed by atoms with Gasteiger partial charge in [-0.1, -0.05) is 18.2 Å². The SMILES string of the molecule is Cc1c(CN2CC2)c(=O)oc2ccccc12. The number of aryl methyl sites for hydroxylation is 1. The molecule has 0 bridgehead atoms. The standard InChI is InChI=1S/C13H13NO2/c1-9-10-4-2-3-5-12(10)16-13(15)11(9)8-14-6-7-14/h2-5H,6-8H2,1H3. The topological polar surface area (TPSA) is 33.2 Å². The van der Waals surface area contributed by atoms with E-state index in [2.05, 4.69) is 4.90 Å². The van der Waals surface area contributed by atoms with Crippen LogP contribution in [0.15, 0.2) is 33.5 Å². The number of rotatable bonds is 2. The number of para-hydroxylation sites is 1. The average molecular weight is 215 g/mol. The van der Waals surface area contributed by atoms with E-state index in [-0.39, 0.29) is 5.63 Å². The Morgan fingerprint density at radius 3 is 2.81 bits per heavy atom. The largest absolute Gasteiger partial charge is 0.422 e. The van der Waals surface area contributed by atoms with Gasteiger partial charge in [0.1, 0.15) is 5.58 Å². The molecule has 0 unspecified atom stereocenters. The lowest BCUT2D eigenvalue weighted by atomic mass is 10.1. The monoisotopic (exact) mass is 215 g/mol. The van der Waals surface area contributed by atoms with Crippen LogP contribution in [0.4, 0.5) is 0 Å². The summed E-state index contributed by atoms with van der Waals surface area (Å²) < 4.78 is 5.32. The van der Waals surface area contributed by atoms with E-state index in [1.54, 1.807) is 0 Å². The molecule has 2 aromatic rings. The zero-order valence-corrected chi connectivity index (χ0v) is 9.19. The van der Waals surface area contributed by atoms with E-state index in [4.69, 9.17) is 4.42 Å². The summed E-state index contributed by atoms with van der Waals surface area (Å²) >= 11 is 0. The van der Waals surface area contributed by atoms with Gasteiger partial charge in [0.15, 0.2) is 0 Å². The van der Waals surface area contributed by atoms with Gasteiger partial charge < -0.3 is 4.42 Å². The first-order chi connectivity index (χ1) is 7.75. The van der Waals surface area contributed by atoms with Crippen molar-refractivity contribution in [2.75, 3.05) is 13.1 Å². The minimum Gasteiger partial charge on any atom is -0.422 e. The maximum atomic E-state index is 11.8. The van der Waals surface area contributed by atoms with E-state index in [0.29, 0.717) is 5.58 Å². The van der Waals surface area contributed by atoms with Crippen molar-refractivity contribution in [3.8, 4) is 0 Å². The second-order valence-electron chi connectivity index (χ2n) is 4.27. The van der Waals surface area contributed by atoms with E-state index in [9.17, 15) is 4.79 Å². The quantitative estimate of drug-likeness (QED) is 0.567. The lowest BCUT2D eigenvalue weighted by Gasteiger charge is -2.07. The highest BCUT2D eigenvalue weighted by Gasteiger charge is 2.21. The molecule has 3 nitrogen and oxygen atoms in total. The van der Waals surface area contributed by atoms with Gasteiger partial charge in [-0.15, -0.1) is 0 Å². The first-order valence-electron chi connectivity index (χ1n) is 5.49. The molecular weight excluding hydrogens is 202 g/mol. The van der Waals surface area contributed by atoms with Crippen molar-refractivity contribution in [1.82, 2.24) is 4.90 Å². The summed E-state index contributed by atoms with van der Waals surface area (Å²) in [4.78, 5) is 14.0. The molecule has 3 heteroatoms. The summed E-state index contributed by atoms with van der Waals surface area (Å²) in [6.45, 7) is 4.90. The fraction of sp³-hybridized carbons (Fsp3) is 0.308. The normalized spacial score (nSPS) is 15.6. The van der Waals surface area contributed by atoms with Gasteiger partial charge in [0.25, 0.3) is 0 Å². The third-order valence-electron chi connectivity index (χ3n) is 3.11. The Morgan fingerprint density at radius 1 is 1.31 bits per heavy atom. The predicted octanol–water partition coefficient (Wildman–Crippen LogP) is 1.92. The number of nitrogens with zero attached hydrogens (tertiary/aromatic N) is 1. The van der Waals surface area contributed by atoms with Gasteiger partial charge in [0.05, 0.1) is 5.56 Å². The summed E-state index contributed by atoms with van der Waals surface area (Å²) in [5.41, 5.74) is 2.34. The number of hydrogen-bond donors (Lipinski definition) is 0. The molecule has 0 amide bonds. The molecule has 1 aromatic heterocycles. The maximum absolute atomic E-state index is 11.8. The molecule has 1 aliphatic rings. The van der Waals surface area contributed by atoms with Crippen LogP contribution < -0.4 is 5.63 Å². The van der Waals surface area contributed by atoms with Crippen molar-refractivity contribution in [3.05, 3.63) is 45.8 Å². The van der Waals surface area contributed by atoms with Gasteiger partial charge in [-0.3, -0.25) is 4.90 Å². The molecule has 2 heterocycles. The van der Waals surface area contributed by atoms with Crippen LogP contribution in [0.25, 0.3) is 11.0 Å². The molecular formula is C13H13NO2. The minimum atomic E-state index is -0.192. The smallest absolute Gasteiger partial charge is 0.341 e. The second kappa shape index (κ2) is 3.46. The Bertz CT molecular complexity index is 596. The van der Waals surface area contributed by atoms with Crippen LogP contribution in [0.3, 0.4) is 0 Å². The summed E-state index contributed by atoms with van der Waals surface area (Å²) in [6.07, 6.45) is 0. The number of benzene rings is 1. The first-order valence-corrected chi connectivity index (χ1v) is 5.49. The average Bonchev–Trinajstić information content (AvgIpc) is 3.08. The van der Waals surface area contributed by atoms with Crippen molar-refractivity contribution in [2.45, 2.75) is 13.5 Å².